The molecule has 0 aliphatic carbocycles. The average molecular weight is 453 g/mol. The number of nitrogens with two attached hydrogens (primary N) is 1. The van der Waals surface area contributed by atoms with E-state index in [1.165, 1.54) is 11.1 Å². The molecule has 1 aliphatic heterocycles. The van der Waals surface area contributed by atoms with Crippen molar-refractivity contribution in [2.24, 2.45) is 11.7 Å². The van der Waals surface area contributed by atoms with Crippen molar-refractivity contribution in [1.29, 1.82) is 0 Å². The van der Waals surface area contributed by atoms with E-state index in [0.717, 1.165) is 44.3 Å². The van der Waals surface area contributed by atoms with Crippen molar-refractivity contribution in [2.75, 3.05) is 19.7 Å². The molecule has 0 bridgehead atoms. The Morgan fingerprint density at radius 1 is 0.970 bits per heavy atom. The summed E-state index contributed by atoms with van der Waals surface area (Å²) in [6.07, 6.45) is 6.35. The standard InChI is InChI=1S/C27H36N2O4/c28-16-6-4-10-22-12-14-25(15-13-22)33-20-24-18-23(19-26(30)31)27(32)29(24)17-7-5-11-21-8-2-1-3-9-21/h1-3,8-9,12-15,23-24H,4-7,10-11,16-20,28H2,(H,30,31)/t23-,24-/m0/s1. The number of hydrogen-bond acceptors (Lipinski definition) is 4. The second kappa shape index (κ2) is 13.0. The predicted molar refractivity (Wildman–Crippen MR) is 129 cm³/mol. The van der Waals surface area contributed by atoms with Crippen LogP contribution in [0.1, 0.15) is 49.7 Å². The fraction of sp³-hybridized carbons (Fsp3) is 0.481. The van der Waals surface area contributed by atoms with E-state index in [-0.39, 0.29) is 18.4 Å². The van der Waals surface area contributed by atoms with E-state index in [9.17, 15) is 14.7 Å². The van der Waals surface area contributed by atoms with Crippen LogP contribution in [-0.2, 0) is 22.4 Å². The zero-order valence-electron chi connectivity index (χ0n) is 19.3. The van der Waals surface area contributed by atoms with Crippen LogP contribution in [0.2, 0.25) is 0 Å². The molecule has 3 rings (SSSR count). The number of rotatable bonds is 14. The molecule has 2 aromatic rings. The molecule has 1 heterocycles. The van der Waals surface area contributed by atoms with Gasteiger partial charge in [0.25, 0.3) is 0 Å². The van der Waals surface area contributed by atoms with Crippen LogP contribution < -0.4 is 10.5 Å². The Kier molecular flexibility index (Phi) is 9.76. The number of carboxylic acid groups (broad SMARTS) is 1. The largest absolute Gasteiger partial charge is 0.491 e. The molecule has 3 N–H and O–H groups in total. The van der Waals surface area contributed by atoms with Crippen LogP contribution in [0.5, 0.6) is 5.75 Å². The van der Waals surface area contributed by atoms with Gasteiger partial charge in [0.1, 0.15) is 12.4 Å². The van der Waals surface area contributed by atoms with Crippen molar-refractivity contribution >= 4 is 11.9 Å². The Balaban J connectivity index is 1.52. The number of nitrogens with zero attached hydrogens (tertiary/aromatic N) is 1. The lowest BCUT2D eigenvalue weighted by molar-refractivity contribution is -0.142. The summed E-state index contributed by atoms with van der Waals surface area (Å²) < 4.78 is 6.02. The van der Waals surface area contributed by atoms with Gasteiger partial charge in [0, 0.05) is 6.54 Å². The van der Waals surface area contributed by atoms with E-state index in [1.807, 2.05) is 35.2 Å². The summed E-state index contributed by atoms with van der Waals surface area (Å²) in [5, 5.41) is 9.21. The normalized spacial score (nSPS) is 18.0. The molecule has 2 atom stereocenters. The van der Waals surface area contributed by atoms with Crippen molar-refractivity contribution < 1.29 is 19.4 Å². The Hall–Kier alpha value is -2.86. The third kappa shape index (κ3) is 7.90. The number of carboxylic acids is 1. The van der Waals surface area contributed by atoms with Crippen molar-refractivity contribution in [2.45, 2.75) is 57.4 Å². The van der Waals surface area contributed by atoms with Crippen molar-refractivity contribution in [3.63, 3.8) is 0 Å². The summed E-state index contributed by atoms with van der Waals surface area (Å²) >= 11 is 0. The first-order valence-electron chi connectivity index (χ1n) is 12.0. The van der Waals surface area contributed by atoms with E-state index in [1.54, 1.807) is 0 Å². The van der Waals surface area contributed by atoms with Gasteiger partial charge >= 0.3 is 5.97 Å². The van der Waals surface area contributed by atoms with Crippen LogP contribution >= 0.6 is 0 Å². The van der Waals surface area contributed by atoms with E-state index in [0.29, 0.717) is 26.1 Å². The fourth-order valence-corrected chi connectivity index (χ4v) is 4.48. The lowest BCUT2D eigenvalue weighted by Gasteiger charge is -2.25. The van der Waals surface area contributed by atoms with Gasteiger partial charge in [-0.1, -0.05) is 42.5 Å². The first-order chi connectivity index (χ1) is 16.1. The van der Waals surface area contributed by atoms with Crippen molar-refractivity contribution in [1.82, 2.24) is 4.90 Å². The second-order valence-electron chi connectivity index (χ2n) is 8.86. The van der Waals surface area contributed by atoms with Gasteiger partial charge in [-0.15, -0.1) is 0 Å². The monoisotopic (exact) mass is 452 g/mol. The van der Waals surface area contributed by atoms with Crippen LogP contribution in [0.25, 0.3) is 0 Å². The Labute approximate surface area is 196 Å². The topological polar surface area (TPSA) is 92.9 Å². The minimum absolute atomic E-state index is 0.0547. The number of unbranched alkanes of at least 4 members (excludes halogenated alkanes) is 2. The summed E-state index contributed by atoms with van der Waals surface area (Å²) in [4.78, 5) is 26.0. The van der Waals surface area contributed by atoms with Gasteiger partial charge in [0.2, 0.25) is 5.91 Å². The lowest BCUT2D eigenvalue weighted by Crippen LogP contribution is -2.38. The maximum absolute atomic E-state index is 12.9. The Bertz CT molecular complexity index is 869. The average Bonchev–Trinajstić information content (AvgIpc) is 3.10. The van der Waals surface area contributed by atoms with Gasteiger partial charge in [0.15, 0.2) is 0 Å². The summed E-state index contributed by atoms with van der Waals surface area (Å²) in [6, 6.07) is 18.3. The number of aryl methyl sites for hydroxylation is 2. The van der Waals surface area contributed by atoms with E-state index in [4.69, 9.17) is 10.5 Å². The number of aliphatic carboxylic acids is 1. The van der Waals surface area contributed by atoms with Crippen LogP contribution in [0.4, 0.5) is 0 Å². The molecule has 178 valence electrons. The van der Waals surface area contributed by atoms with Gasteiger partial charge in [-0.25, -0.2) is 0 Å². The fourth-order valence-electron chi connectivity index (χ4n) is 4.48. The zero-order chi connectivity index (χ0) is 23.5. The van der Waals surface area contributed by atoms with E-state index in [2.05, 4.69) is 24.3 Å². The lowest BCUT2D eigenvalue weighted by atomic mass is 10.0. The molecule has 1 fully saturated rings. The third-order valence-electron chi connectivity index (χ3n) is 6.29. The smallest absolute Gasteiger partial charge is 0.304 e. The zero-order valence-corrected chi connectivity index (χ0v) is 19.3. The molecular formula is C27H36N2O4. The predicted octanol–water partition coefficient (Wildman–Crippen LogP) is 4.06. The maximum atomic E-state index is 12.9. The molecular weight excluding hydrogens is 416 g/mol. The van der Waals surface area contributed by atoms with Crippen LogP contribution in [0, 0.1) is 5.92 Å². The molecule has 6 heteroatoms. The first-order valence-corrected chi connectivity index (χ1v) is 12.0. The SMILES string of the molecule is NCCCCc1ccc(OC[C@@H]2C[C@@H](CC(=O)O)C(=O)N2CCCCc2ccccc2)cc1. The van der Waals surface area contributed by atoms with Crippen LogP contribution in [0.3, 0.4) is 0 Å². The Morgan fingerprint density at radius 2 is 1.64 bits per heavy atom. The Morgan fingerprint density at radius 3 is 2.30 bits per heavy atom. The minimum atomic E-state index is -0.927. The highest BCUT2D eigenvalue weighted by molar-refractivity contribution is 5.85. The van der Waals surface area contributed by atoms with Crippen molar-refractivity contribution in [3.8, 4) is 5.75 Å². The molecule has 1 saturated heterocycles. The molecule has 0 unspecified atom stereocenters. The number of ether oxygens (including phenoxy) is 1. The van der Waals surface area contributed by atoms with Crippen LogP contribution in [0.15, 0.2) is 54.6 Å². The summed E-state index contributed by atoms with van der Waals surface area (Å²) in [6.45, 7) is 1.73. The van der Waals surface area contributed by atoms with E-state index < -0.39 is 11.9 Å². The van der Waals surface area contributed by atoms with Gasteiger partial charge < -0.3 is 20.5 Å². The molecule has 0 aromatic heterocycles. The number of carbonyl (C=O) groups is 2. The highest BCUT2D eigenvalue weighted by Crippen LogP contribution is 2.29. The molecule has 2 aromatic carbocycles. The summed E-state index contributed by atoms with van der Waals surface area (Å²) in [5.41, 5.74) is 8.11. The van der Waals surface area contributed by atoms with Gasteiger partial charge in [-0.2, -0.15) is 0 Å². The van der Waals surface area contributed by atoms with Gasteiger partial charge in [-0.05, 0) is 74.8 Å². The molecule has 1 amide bonds. The number of likely N-dealkylation sites (tertiary alicyclic amines) is 1. The van der Waals surface area contributed by atoms with Crippen molar-refractivity contribution in [3.05, 3.63) is 65.7 Å². The number of hydrogen-bond donors (Lipinski definition) is 2. The quantitative estimate of drug-likeness (QED) is 0.422. The van der Waals surface area contributed by atoms with Crippen LogP contribution in [-0.4, -0.2) is 47.6 Å². The molecule has 0 spiro atoms. The number of amides is 1. The molecule has 33 heavy (non-hydrogen) atoms. The highest BCUT2D eigenvalue weighted by Gasteiger charge is 2.40. The third-order valence-corrected chi connectivity index (χ3v) is 6.29. The van der Waals surface area contributed by atoms with Gasteiger partial charge in [-0.3, -0.25) is 9.59 Å². The minimum Gasteiger partial charge on any atom is -0.491 e. The maximum Gasteiger partial charge on any atom is 0.304 e. The molecule has 1 aliphatic rings. The second-order valence-corrected chi connectivity index (χ2v) is 8.86. The molecule has 6 nitrogen and oxygen atoms in total. The first kappa shape index (κ1) is 24.8. The summed E-state index contributed by atoms with van der Waals surface area (Å²) in [5.74, 6) is -0.670. The van der Waals surface area contributed by atoms with Gasteiger partial charge in [0.05, 0.1) is 18.4 Å². The number of carbonyl (C=O) groups excluding carboxylic acids is 1. The number of benzene rings is 2. The van der Waals surface area contributed by atoms with E-state index >= 15 is 0 Å². The highest BCUT2D eigenvalue weighted by atomic mass is 16.5. The summed E-state index contributed by atoms with van der Waals surface area (Å²) in [7, 11) is 0. The molecule has 0 radical (unpaired) electrons. The molecule has 0 saturated carbocycles.